The fraction of sp³-hybridized carbons (Fsp3) is 0.455. The van der Waals surface area contributed by atoms with Gasteiger partial charge < -0.3 is 10.4 Å². The first-order valence-electron chi connectivity index (χ1n) is 5.24. The molecule has 0 aromatic carbocycles. The van der Waals surface area contributed by atoms with Crippen molar-refractivity contribution in [1.29, 1.82) is 0 Å². The number of aliphatic carboxylic acids is 1. The summed E-state index contributed by atoms with van der Waals surface area (Å²) in [7, 11) is 0. The lowest BCUT2D eigenvalue weighted by atomic mass is 9.99. The van der Waals surface area contributed by atoms with Gasteiger partial charge in [0.05, 0.1) is 8.66 Å². The van der Waals surface area contributed by atoms with E-state index in [0.717, 1.165) is 3.79 Å². The third-order valence-corrected chi connectivity index (χ3v) is 4.19. The zero-order chi connectivity index (χ0) is 13.0. The van der Waals surface area contributed by atoms with Crippen molar-refractivity contribution in [1.82, 2.24) is 5.32 Å². The highest BCUT2D eigenvalue weighted by Gasteiger charge is 2.26. The Kier molecular flexibility index (Phi) is 5.14. The molecule has 94 valence electrons. The summed E-state index contributed by atoms with van der Waals surface area (Å²) in [5.41, 5.74) is 0. The second-order valence-corrected chi connectivity index (χ2v) is 6.24. The van der Waals surface area contributed by atoms with Gasteiger partial charge in [-0.2, -0.15) is 0 Å². The fourth-order valence-electron chi connectivity index (χ4n) is 1.33. The summed E-state index contributed by atoms with van der Waals surface area (Å²) in [4.78, 5) is 23.4. The molecule has 1 rings (SSSR count). The standard InChI is InChI=1S/C11H14BrNO3S/c1-3-6(2)9(11(15)16)13-10(14)7-4-5-8(12)17-7/h4-6,9H,3H2,1-2H3,(H,13,14)(H,15,16)/t6-,9-/m0/s1. The Bertz CT molecular complexity index is 419. The minimum Gasteiger partial charge on any atom is -0.480 e. The molecule has 2 atom stereocenters. The number of thiophene rings is 1. The first kappa shape index (κ1) is 14.2. The zero-order valence-corrected chi connectivity index (χ0v) is 12.0. The second-order valence-electron chi connectivity index (χ2n) is 3.78. The number of hydrogen-bond donors (Lipinski definition) is 2. The molecule has 0 spiro atoms. The number of halogens is 1. The van der Waals surface area contributed by atoms with E-state index in [4.69, 9.17) is 5.11 Å². The van der Waals surface area contributed by atoms with Crippen molar-refractivity contribution < 1.29 is 14.7 Å². The quantitative estimate of drug-likeness (QED) is 0.877. The molecule has 0 aliphatic rings. The molecule has 0 unspecified atom stereocenters. The molecule has 2 N–H and O–H groups in total. The maximum absolute atomic E-state index is 11.8. The lowest BCUT2D eigenvalue weighted by Crippen LogP contribution is -2.44. The highest BCUT2D eigenvalue weighted by molar-refractivity contribution is 9.11. The number of rotatable bonds is 5. The summed E-state index contributed by atoms with van der Waals surface area (Å²) in [5, 5.41) is 11.6. The smallest absolute Gasteiger partial charge is 0.326 e. The molecule has 1 aromatic rings. The molecular weight excluding hydrogens is 306 g/mol. The average Bonchev–Trinajstić information content (AvgIpc) is 2.71. The molecule has 6 heteroatoms. The fourth-order valence-corrected chi connectivity index (χ4v) is 2.62. The monoisotopic (exact) mass is 319 g/mol. The summed E-state index contributed by atoms with van der Waals surface area (Å²) < 4.78 is 0.845. The number of carbonyl (C=O) groups excluding carboxylic acids is 1. The van der Waals surface area contributed by atoms with Crippen molar-refractivity contribution in [3.05, 3.63) is 20.8 Å². The van der Waals surface area contributed by atoms with Gasteiger partial charge in [0.15, 0.2) is 0 Å². The molecule has 0 saturated carbocycles. The van der Waals surface area contributed by atoms with Crippen LogP contribution in [0.4, 0.5) is 0 Å². The van der Waals surface area contributed by atoms with Crippen LogP contribution in [-0.4, -0.2) is 23.0 Å². The zero-order valence-electron chi connectivity index (χ0n) is 9.57. The molecule has 1 amide bonds. The largest absolute Gasteiger partial charge is 0.480 e. The molecule has 0 radical (unpaired) electrons. The normalized spacial score (nSPS) is 14.1. The number of carboxylic acid groups (broad SMARTS) is 1. The van der Waals surface area contributed by atoms with Crippen LogP contribution in [0.25, 0.3) is 0 Å². The number of carbonyl (C=O) groups is 2. The number of hydrogen-bond acceptors (Lipinski definition) is 3. The van der Waals surface area contributed by atoms with E-state index in [-0.39, 0.29) is 11.8 Å². The molecule has 0 saturated heterocycles. The first-order valence-corrected chi connectivity index (χ1v) is 6.85. The Morgan fingerprint density at radius 1 is 1.53 bits per heavy atom. The summed E-state index contributed by atoms with van der Waals surface area (Å²) in [5.74, 6) is -1.43. The van der Waals surface area contributed by atoms with Crippen molar-refractivity contribution in [3.8, 4) is 0 Å². The number of amides is 1. The summed E-state index contributed by atoms with van der Waals surface area (Å²) in [6.07, 6.45) is 0.700. The number of nitrogens with one attached hydrogen (secondary N) is 1. The van der Waals surface area contributed by atoms with Crippen molar-refractivity contribution in [2.75, 3.05) is 0 Å². The van der Waals surface area contributed by atoms with Crippen LogP contribution in [0, 0.1) is 5.92 Å². The average molecular weight is 320 g/mol. The molecule has 1 aromatic heterocycles. The van der Waals surface area contributed by atoms with Gasteiger partial charge in [-0.05, 0) is 34.0 Å². The van der Waals surface area contributed by atoms with Crippen LogP contribution in [0.2, 0.25) is 0 Å². The second kappa shape index (κ2) is 6.16. The Morgan fingerprint density at radius 3 is 2.59 bits per heavy atom. The SMILES string of the molecule is CC[C@H](C)[C@H](NC(=O)c1ccc(Br)s1)C(=O)O. The van der Waals surface area contributed by atoms with Crippen molar-refractivity contribution >= 4 is 39.1 Å². The Hall–Kier alpha value is -0.880. The number of carboxylic acids is 1. The van der Waals surface area contributed by atoms with Crippen LogP contribution in [0.1, 0.15) is 29.9 Å². The van der Waals surface area contributed by atoms with Gasteiger partial charge in [0.25, 0.3) is 5.91 Å². The summed E-state index contributed by atoms with van der Waals surface area (Å²) in [6, 6.07) is 2.59. The molecule has 1 heterocycles. The minimum atomic E-state index is -0.997. The van der Waals surface area contributed by atoms with Gasteiger partial charge in [-0.1, -0.05) is 20.3 Å². The van der Waals surface area contributed by atoms with Crippen molar-refractivity contribution in [2.45, 2.75) is 26.3 Å². The van der Waals surface area contributed by atoms with E-state index in [0.29, 0.717) is 11.3 Å². The third-order valence-electron chi connectivity index (χ3n) is 2.56. The predicted octanol–water partition coefficient (Wildman–Crippen LogP) is 2.74. The molecule has 17 heavy (non-hydrogen) atoms. The van der Waals surface area contributed by atoms with E-state index < -0.39 is 12.0 Å². The van der Waals surface area contributed by atoms with Gasteiger partial charge >= 0.3 is 5.97 Å². The highest BCUT2D eigenvalue weighted by Crippen LogP contribution is 2.22. The Balaban J connectivity index is 2.74. The van der Waals surface area contributed by atoms with Gasteiger partial charge in [0.1, 0.15) is 6.04 Å². The van der Waals surface area contributed by atoms with Crippen LogP contribution in [0.15, 0.2) is 15.9 Å². The van der Waals surface area contributed by atoms with E-state index in [1.165, 1.54) is 11.3 Å². The van der Waals surface area contributed by atoms with Crippen LogP contribution in [0.3, 0.4) is 0 Å². The van der Waals surface area contributed by atoms with E-state index in [1.54, 1.807) is 12.1 Å². The first-order chi connectivity index (χ1) is 7.95. The Labute approximate surface area is 112 Å². The molecule has 0 fully saturated rings. The van der Waals surface area contributed by atoms with Gasteiger partial charge in [0, 0.05) is 0 Å². The maximum Gasteiger partial charge on any atom is 0.326 e. The van der Waals surface area contributed by atoms with E-state index >= 15 is 0 Å². The molecule has 0 aliphatic heterocycles. The highest BCUT2D eigenvalue weighted by atomic mass is 79.9. The lowest BCUT2D eigenvalue weighted by Gasteiger charge is -2.19. The van der Waals surface area contributed by atoms with Gasteiger partial charge in [-0.15, -0.1) is 11.3 Å². The topological polar surface area (TPSA) is 66.4 Å². The minimum absolute atomic E-state index is 0.0974. The van der Waals surface area contributed by atoms with Gasteiger partial charge in [-0.3, -0.25) is 4.79 Å². The Morgan fingerprint density at radius 2 is 2.18 bits per heavy atom. The van der Waals surface area contributed by atoms with Gasteiger partial charge in [0.2, 0.25) is 0 Å². The molecule has 4 nitrogen and oxygen atoms in total. The molecule has 0 aliphatic carbocycles. The predicted molar refractivity (Wildman–Crippen MR) is 70.4 cm³/mol. The maximum atomic E-state index is 11.8. The van der Waals surface area contributed by atoms with Crippen LogP contribution in [-0.2, 0) is 4.79 Å². The van der Waals surface area contributed by atoms with Crippen LogP contribution in [0.5, 0.6) is 0 Å². The van der Waals surface area contributed by atoms with Crippen LogP contribution < -0.4 is 5.32 Å². The van der Waals surface area contributed by atoms with E-state index in [1.807, 2.05) is 13.8 Å². The third kappa shape index (κ3) is 3.81. The van der Waals surface area contributed by atoms with Crippen molar-refractivity contribution in [3.63, 3.8) is 0 Å². The van der Waals surface area contributed by atoms with Crippen molar-refractivity contribution in [2.24, 2.45) is 5.92 Å². The van der Waals surface area contributed by atoms with Gasteiger partial charge in [-0.25, -0.2) is 4.79 Å². The van der Waals surface area contributed by atoms with E-state index in [9.17, 15) is 9.59 Å². The molecule has 0 bridgehead atoms. The van der Waals surface area contributed by atoms with E-state index in [2.05, 4.69) is 21.2 Å². The summed E-state index contributed by atoms with van der Waals surface area (Å²) in [6.45, 7) is 3.71. The molecular formula is C11H14BrNO3S. The summed E-state index contributed by atoms with van der Waals surface area (Å²) >= 11 is 4.54. The van der Waals surface area contributed by atoms with Crippen LogP contribution >= 0.6 is 27.3 Å². The lowest BCUT2D eigenvalue weighted by molar-refractivity contribution is -0.140.